The van der Waals surface area contributed by atoms with Gasteiger partial charge in [-0.1, -0.05) is 26.0 Å². The molecule has 1 atom stereocenters. The van der Waals surface area contributed by atoms with Crippen molar-refractivity contribution in [1.29, 1.82) is 0 Å². The predicted octanol–water partition coefficient (Wildman–Crippen LogP) is 7.25. The minimum absolute atomic E-state index is 0.114. The number of aliphatic carboxylic acids is 1. The number of hydrogen-bond acceptors (Lipinski definition) is 5. The van der Waals surface area contributed by atoms with Crippen molar-refractivity contribution in [2.24, 2.45) is 0 Å². The zero-order valence-corrected chi connectivity index (χ0v) is 21.0. The van der Waals surface area contributed by atoms with Gasteiger partial charge in [0, 0.05) is 12.0 Å². The van der Waals surface area contributed by atoms with Gasteiger partial charge in [-0.25, -0.2) is 4.98 Å². The van der Waals surface area contributed by atoms with E-state index in [2.05, 4.69) is 13.8 Å². The number of aryl methyl sites for hydroxylation is 2. The third kappa shape index (κ3) is 6.24. The van der Waals surface area contributed by atoms with Gasteiger partial charge in [0.15, 0.2) is 11.9 Å². The molecule has 6 nitrogen and oxygen atoms in total. The summed E-state index contributed by atoms with van der Waals surface area (Å²) in [6, 6.07) is 13.7. The fourth-order valence-electron chi connectivity index (χ4n) is 4.59. The first kappa shape index (κ1) is 24.8. The van der Waals surface area contributed by atoms with E-state index in [4.69, 9.17) is 24.0 Å². The van der Waals surface area contributed by atoms with Crippen LogP contribution in [0.1, 0.15) is 87.5 Å². The smallest absolute Gasteiger partial charge is 0.303 e. The molecule has 186 valence electrons. The highest BCUT2D eigenvalue weighted by Gasteiger charge is 2.24. The molecule has 0 spiro atoms. The summed E-state index contributed by atoms with van der Waals surface area (Å²) < 4.78 is 18.7. The Morgan fingerprint density at radius 3 is 2.57 bits per heavy atom. The van der Waals surface area contributed by atoms with E-state index in [-0.39, 0.29) is 18.4 Å². The fourth-order valence-corrected chi connectivity index (χ4v) is 4.59. The molecule has 1 aliphatic carbocycles. The molecular weight excluding hydrogens is 442 g/mol. The van der Waals surface area contributed by atoms with Crippen molar-refractivity contribution < 1.29 is 23.8 Å². The fraction of sp³-hybridized carbons (Fsp3) is 0.448. The second-order valence-corrected chi connectivity index (χ2v) is 9.72. The molecule has 0 bridgehead atoms. The van der Waals surface area contributed by atoms with Gasteiger partial charge in [0.1, 0.15) is 11.5 Å². The highest BCUT2D eigenvalue weighted by atomic mass is 16.5. The number of carboxylic acid groups (broad SMARTS) is 1. The van der Waals surface area contributed by atoms with Gasteiger partial charge in [-0.15, -0.1) is 0 Å². The van der Waals surface area contributed by atoms with Crippen LogP contribution in [0.25, 0.3) is 11.5 Å². The Morgan fingerprint density at radius 1 is 1.11 bits per heavy atom. The van der Waals surface area contributed by atoms with Crippen LogP contribution in [0.5, 0.6) is 11.5 Å². The van der Waals surface area contributed by atoms with E-state index in [1.807, 2.05) is 56.3 Å². The lowest BCUT2D eigenvalue weighted by Crippen LogP contribution is -2.10. The van der Waals surface area contributed by atoms with E-state index in [0.717, 1.165) is 41.0 Å². The summed E-state index contributed by atoms with van der Waals surface area (Å²) in [5.74, 6) is 2.22. The van der Waals surface area contributed by atoms with Gasteiger partial charge in [0.2, 0.25) is 5.89 Å². The topological polar surface area (TPSA) is 81.8 Å². The molecule has 1 fully saturated rings. The van der Waals surface area contributed by atoms with Crippen molar-refractivity contribution in [3.63, 3.8) is 0 Å². The number of oxazole rings is 1. The van der Waals surface area contributed by atoms with Crippen LogP contribution >= 0.6 is 0 Å². The Morgan fingerprint density at radius 2 is 1.89 bits per heavy atom. The highest BCUT2D eigenvalue weighted by Crippen LogP contribution is 2.34. The number of carboxylic acids is 1. The number of carbonyl (C=O) groups is 1. The minimum atomic E-state index is -0.795. The summed E-state index contributed by atoms with van der Waals surface area (Å²) in [7, 11) is 0. The summed E-state index contributed by atoms with van der Waals surface area (Å²) in [6.07, 6.45) is 5.26. The first-order chi connectivity index (χ1) is 16.8. The monoisotopic (exact) mass is 477 g/mol. The van der Waals surface area contributed by atoms with Crippen LogP contribution < -0.4 is 9.47 Å². The van der Waals surface area contributed by atoms with Crippen LogP contribution in [0.2, 0.25) is 0 Å². The lowest BCUT2D eigenvalue weighted by atomic mass is 10.0. The molecular formula is C29H35NO5. The maximum absolute atomic E-state index is 10.9. The summed E-state index contributed by atoms with van der Waals surface area (Å²) >= 11 is 0. The minimum Gasteiger partial charge on any atom is -0.490 e. The average Bonchev–Trinajstić information content (AvgIpc) is 3.49. The molecule has 1 aliphatic rings. The number of aromatic nitrogens is 1. The van der Waals surface area contributed by atoms with Crippen molar-refractivity contribution in [1.82, 2.24) is 4.98 Å². The normalized spacial score (nSPS) is 14.9. The van der Waals surface area contributed by atoms with Crippen LogP contribution in [0.3, 0.4) is 0 Å². The van der Waals surface area contributed by atoms with Crippen molar-refractivity contribution in [2.45, 2.75) is 84.3 Å². The molecule has 6 heteroatoms. The van der Waals surface area contributed by atoms with E-state index in [0.29, 0.717) is 29.9 Å². The van der Waals surface area contributed by atoms with Crippen LogP contribution in [0, 0.1) is 6.92 Å². The van der Waals surface area contributed by atoms with Crippen molar-refractivity contribution in [2.75, 3.05) is 0 Å². The lowest BCUT2D eigenvalue weighted by Gasteiger charge is -2.16. The molecule has 1 N–H and O–H groups in total. The third-order valence-electron chi connectivity index (χ3n) is 6.52. The molecule has 1 heterocycles. The number of rotatable bonds is 10. The van der Waals surface area contributed by atoms with E-state index in [9.17, 15) is 4.79 Å². The number of hydrogen-bond donors (Lipinski definition) is 1. The van der Waals surface area contributed by atoms with Gasteiger partial charge in [0.05, 0.1) is 11.8 Å². The van der Waals surface area contributed by atoms with E-state index >= 15 is 0 Å². The number of nitrogens with zero attached hydrogens (tertiary/aromatic N) is 1. The molecule has 2 aromatic carbocycles. The van der Waals surface area contributed by atoms with Crippen molar-refractivity contribution >= 4 is 5.97 Å². The zero-order chi connectivity index (χ0) is 24.9. The molecule has 35 heavy (non-hydrogen) atoms. The Balaban J connectivity index is 1.52. The second-order valence-electron chi connectivity index (χ2n) is 9.72. The third-order valence-corrected chi connectivity index (χ3v) is 6.52. The average molecular weight is 478 g/mol. The van der Waals surface area contributed by atoms with Gasteiger partial charge in [-0.2, -0.15) is 0 Å². The van der Waals surface area contributed by atoms with E-state index < -0.39 is 5.97 Å². The van der Waals surface area contributed by atoms with Crippen LogP contribution in [0.15, 0.2) is 46.9 Å². The van der Waals surface area contributed by atoms with Crippen LogP contribution in [0.4, 0.5) is 0 Å². The zero-order valence-electron chi connectivity index (χ0n) is 21.0. The predicted molar refractivity (Wildman–Crippen MR) is 135 cm³/mol. The summed E-state index contributed by atoms with van der Waals surface area (Å²) in [6.45, 7) is 8.13. The SMILES string of the molecule is Cc1cc(OC(C)c2oc(-c3cccc(OC4CCCC4)c3)nc2C(C)C)ccc1CCC(=O)O. The summed E-state index contributed by atoms with van der Waals surface area (Å²) in [5, 5.41) is 8.95. The van der Waals surface area contributed by atoms with E-state index in [1.54, 1.807) is 0 Å². The Labute approximate surface area is 207 Å². The molecule has 1 saturated carbocycles. The molecule has 1 unspecified atom stereocenters. The molecule has 3 aromatic rings. The first-order valence-electron chi connectivity index (χ1n) is 12.6. The quantitative estimate of drug-likeness (QED) is 0.331. The molecule has 0 saturated heterocycles. The van der Waals surface area contributed by atoms with Gasteiger partial charge >= 0.3 is 5.97 Å². The largest absolute Gasteiger partial charge is 0.490 e. The second kappa shape index (κ2) is 11.0. The van der Waals surface area contributed by atoms with Gasteiger partial charge in [-0.05, 0) is 93.3 Å². The van der Waals surface area contributed by atoms with Crippen LogP contribution in [-0.2, 0) is 11.2 Å². The summed E-state index contributed by atoms with van der Waals surface area (Å²) in [5.41, 5.74) is 3.79. The number of benzene rings is 2. The number of ether oxygens (including phenoxy) is 2. The first-order valence-corrected chi connectivity index (χ1v) is 12.6. The Bertz CT molecular complexity index is 1160. The standard InChI is InChI=1S/C29H35NO5/c1-18(2)27-28(20(4)33-25-14-12-21(19(3)16-25)13-15-26(31)32)35-29(30-27)22-8-7-11-24(17-22)34-23-9-5-6-10-23/h7-8,11-12,14,16-18,20,23H,5-6,9-10,13,15H2,1-4H3,(H,31,32). The van der Waals surface area contributed by atoms with Gasteiger partial charge in [0.25, 0.3) is 0 Å². The molecule has 0 radical (unpaired) electrons. The maximum Gasteiger partial charge on any atom is 0.303 e. The molecule has 1 aromatic heterocycles. The van der Waals surface area contributed by atoms with E-state index in [1.165, 1.54) is 12.8 Å². The Hall–Kier alpha value is -3.28. The van der Waals surface area contributed by atoms with Gasteiger partial charge < -0.3 is 19.0 Å². The van der Waals surface area contributed by atoms with Gasteiger partial charge in [-0.3, -0.25) is 4.79 Å². The maximum atomic E-state index is 10.9. The lowest BCUT2D eigenvalue weighted by molar-refractivity contribution is -0.136. The van der Waals surface area contributed by atoms with Crippen molar-refractivity contribution in [3.8, 4) is 23.0 Å². The van der Waals surface area contributed by atoms with Crippen molar-refractivity contribution in [3.05, 3.63) is 65.0 Å². The highest BCUT2D eigenvalue weighted by molar-refractivity contribution is 5.67. The molecule has 0 aliphatic heterocycles. The Kier molecular flexibility index (Phi) is 7.79. The molecule has 4 rings (SSSR count). The summed E-state index contributed by atoms with van der Waals surface area (Å²) in [4.78, 5) is 15.7. The molecule has 0 amide bonds. The van der Waals surface area contributed by atoms with Crippen LogP contribution in [-0.4, -0.2) is 22.2 Å².